The molecule has 1 heterocycles. The van der Waals surface area contributed by atoms with E-state index in [2.05, 4.69) is 50.8 Å². The summed E-state index contributed by atoms with van der Waals surface area (Å²) in [6, 6.07) is 0. The molecule has 17 heavy (non-hydrogen) atoms. The van der Waals surface area contributed by atoms with Crippen LogP contribution in [0, 0.1) is 18.3 Å². The van der Waals surface area contributed by atoms with E-state index in [4.69, 9.17) is 11.6 Å². The third-order valence-electron chi connectivity index (χ3n) is 3.56. The molecule has 0 bridgehead atoms. The molecule has 1 rings (SSSR count). The van der Waals surface area contributed by atoms with Gasteiger partial charge in [0.25, 0.3) is 0 Å². The molecule has 0 spiro atoms. The van der Waals surface area contributed by atoms with Gasteiger partial charge in [0, 0.05) is 23.3 Å². The van der Waals surface area contributed by atoms with E-state index in [1.807, 2.05) is 14.0 Å². The quantitative estimate of drug-likeness (QED) is 0.688. The normalized spacial score (nSPS) is 12.5. The van der Waals surface area contributed by atoms with Gasteiger partial charge >= 0.3 is 0 Å². The molecular weight excluding hydrogens is 367 g/mol. The maximum Gasteiger partial charge on any atom is 0.130 e. The molecule has 2 nitrogen and oxygen atoms in total. The summed E-state index contributed by atoms with van der Waals surface area (Å²) in [4.78, 5) is 0. The van der Waals surface area contributed by atoms with E-state index < -0.39 is 0 Å². The van der Waals surface area contributed by atoms with Crippen LogP contribution in [0.2, 0.25) is 5.15 Å². The zero-order chi connectivity index (χ0) is 13.2. The highest BCUT2D eigenvalue weighted by molar-refractivity contribution is 9.09. The minimum absolute atomic E-state index is 0.178. The van der Waals surface area contributed by atoms with Crippen molar-refractivity contribution < 1.29 is 0 Å². The van der Waals surface area contributed by atoms with Gasteiger partial charge < -0.3 is 0 Å². The summed E-state index contributed by atoms with van der Waals surface area (Å²) in [5, 5.41) is 7.04. The van der Waals surface area contributed by atoms with Crippen molar-refractivity contribution in [3.05, 3.63) is 16.4 Å². The topological polar surface area (TPSA) is 17.8 Å². The van der Waals surface area contributed by atoms with Crippen LogP contribution in [0.4, 0.5) is 0 Å². The second kappa shape index (κ2) is 6.07. The molecule has 0 N–H and O–H groups in total. The number of hydrogen-bond acceptors (Lipinski definition) is 1. The van der Waals surface area contributed by atoms with Crippen molar-refractivity contribution in [1.82, 2.24) is 9.78 Å². The Kier molecular flexibility index (Phi) is 5.54. The summed E-state index contributed by atoms with van der Waals surface area (Å²) in [6.45, 7) is 6.53. The van der Waals surface area contributed by atoms with Gasteiger partial charge in [0.2, 0.25) is 0 Å². The molecule has 0 radical (unpaired) electrons. The van der Waals surface area contributed by atoms with Crippen LogP contribution in [0.3, 0.4) is 0 Å². The van der Waals surface area contributed by atoms with Gasteiger partial charge in [-0.25, -0.2) is 0 Å². The number of hydrogen-bond donors (Lipinski definition) is 0. The number of rotatable bonds is 5. The first kappa shape index (κ1) is 15.5. The lowest BCUT2D eigenvalue weighted by atomic mass is 9.76. The summed E-state index contributed by atoms with van der Waals surface area (Å²) in [6.07, 6.45) is 0.944. The first-order valence-electron chi connectivity index (χ1n) is 5.68. The van der Waals surface area contributed by atoms with Crippen LogP contribution >= 0.6 is 43.5 Å². The average Bonchev–Trinajstić information content (AvgIpc) is 2.51. The maximum atomic E-state index is 6.31. The highest BCUT2D eigenvalue weighted by Gasteiger charge is 2.34. The summed E-state index contributed by atoms with van der Waals surface area (Å²) in [7, 11) is 1.89. The van der Waals surface area contributed by atoms with Crippen molar-refractivity contribution in [2.75, 3.05) is 10.7 Å². The standard InChI is InChI=1S/C12H19Br2ClN2/c1-8(2)12(6-13,7-14)5-10-9(3)16-17(4)11(10)15/h8H,5-7H2,1-4H3. The first-order chi connectivity index (χ1) is 7.88. The number of nitrogens with zero attached hydrogens (tertiary/aromatic N) is 2. The number of aromatic nitrogens is 2. The Balaban J connectivity index is 3.10. The fraction of sp³-hybridized carbons (Fsp3) is 0.750. The molecule has 5 heteroatoms. The predicted octanol–water partition coefficient (Wildman–Crippen LogP) is 4.36. The van der Waals surface area contributed by atoms with E-state index in [9.17, 15) is 0 Å². The lowest BCUT2D eigenvalue weighted by molar-refractivity contribution is 0.267. The second-order valence-corrected chi connectivity index (χ2v) is 6.42. The molecule has 0 aliphatic heterocycles. The molecule has 0 amide bonds. The lowest BCUT2D eigenvalue weighted by Gasteiger charge is -2.34. The van der Waals surface area contributed by atoms with Gasteiger partial charge in [-0.2, -0.15) is 5.10 Å². The number of halogens is 3. The van der Waals surface area contributed by atoms with Crippen LogP contribution in [0.25, 0.3) is 0 Å². The molecule has 1 aromatic rings. The molecule has 0 fully saturated rings. The summed E-state index contributed by atoms with van der Waals surface area (Å²) < 4.78 is 1.75. The fourth-order valence-corrected chi connectivity index (χ4v) is 4.73. The maximum absolute atomic E-state index is 6.31. The van der Waals surface area contributed by atoms with Crippen LogP contribution in [-0.2, 0) is 13.5 Å². The Bertz CT molecular complexity index is 384. The lowest BCUT2D eigenvalue weighted by Crippen LogP contribution is -2.33. The monoisotopic (exact) mass is 384 g/mol. The smallest absolute Gasteiger partial charge is 0.130 e. The number of aryl methyl sites for hydroxylation is 2. The third kappa shape index (κ3) is 3.07. The molecule has 0 unspecified atom stereocenters. The van der Waals surface area contributed by atoms with Gasteiger partial charge in [-0.3, -0.25) is 4.68 Å². The minimum Gasteiger partial charge on any atom is -0.257 e. The van der Waals surface area contributed by atoms with Gasteiger partial charge in [-0.1, -0.05) is 57.3 Å². The van der Waals surface area contributed by atoms with Crippen molar-refractivity contribution in [2.24, 2.45) is 18.4 Å². The van der Waals surface area contributed by atoms with E-state index in [-0.39, 0.29) is 5.41 Å². The van der Waals surface area contributed by atoms with Gasteiger partial charge in [0.1, 0.15) is 5.15 Å². The summed E-state index contributed by atoms with van der Waals surface area (Å²) >= 11 is 13.6. The zero-order valence-electron chi connectivity index (χ0n) is 10.7. The largest absolute Gasteiger partial charge is 0.257 e. The average molecular weight is 387 g/mol. The highest BCUT2D eigenvalue weighted by atomic mass is 79.9. The molecule has 0 saturated heterocycles. The molecular formula is C12H19Br2ClN2. The third-order valence-corrected chi connectivity index (χ3v) is 6.26. The minimum atomic E-state index is 0.178. The SMILES string of the molecule is Cc1nn(C)c(Cl)c1CC(CBr)(CBr)C(C)C. The fourth-order valence-electron chi connectivity index (χ4n) is 1.87. The van der Waals surface area contributed by atoms with Crippen LogP contribution in [0.15, 0.2) is 0 Å². The molecule has 0 saturated carbocycles. The molecule has 98 valence electrons. The Morgan fingerprint density at radius 1 is 1.35 bits per heavy atom. The Morgan fingerprint density at radius 2 is 1.88 bits per heavy atom. The van der Waals surface area contributed by atoms with E-state index in [0.717, 1.165) is 27.9 Å². The van der Waals surface area contributed by atoms with Crippen molar-refractivity contribution in [3.63, 3.8) is 0 Å². The second-order valence-electron chi connectivity index (χ2n) is 4.94. The van der Waals surface area contributed by atoms with Crippen molar-refractivity contribution in [2.45, 2.75) is 27.2 Å². The van der Waals surface area contributed by atoms with Crippen molar-refractivity contribution in [1.29, 1.82) is 0 Å². The predicted molar refractivity (Wildman–Crippen MR) is 81.5 cm³/mol. The van der Waals surface area contributed by atoms with Crippen LogP contribution in [0.1, 0.15) is 25.1 Å². The molecule has 1 aromatic heterocycles. The highest BCUT2D eigenvalue weighted by Crippen LogP contribution is 2.38. The zero-order valence-corrected chi connectivity index (χ0v) is 14.7. The Labute approximate surface area is 125 Å². The van der Waals surface area contributed by atoms with Crippen LogP contribution in [-0.4, -0.2) is 20.4 Å². The van der Waals surface area contributed by atoms with Gasteiger partial charge in [-0.05, 0) is 24.7 Å². The van der Waals surface area contributed by atoms with Crippen LogP contribution < -0.4 is 0 Å². The molecule has 0 aromatic carbocycles. The van der Waals surface area contributed by atoms with Crippen molar-refractivity contribution in [3.8, 4) is 0 Å². The molecule has 0 atom stereocenters. The Morgan fingerprint density at radius 3 is 2.18 bits per heavy atom. The van der Waals surface area contributed by atoms with Crippen LogP contribution in [0.5, 0.6) is 0 Å². The molecule has 0 aliphatic rings. The summed E-state index contributed by atoms with van der Waals surface area (Å²) in [5.74, 6) is 0.567. The van der Waals surface area contributed by atoms with Gasteiger partial charge in [-0.15, -0.1) is 0 Å². The van der Waals surface area contributed by atoms with E-state index >= 15 is 0 Å². The van der Waals surface area contributed by atoms with Gasteiger partial charge in [0.05, 0.1) is 5.69 Å². The van der Waals surface area contributed by atoms with Gasteiger partial charge in [0.15, 0.2) is 0 Å². The van der Waals surface area contributed by atoms with E-state index in [1.165, 1.54) is 5.56 Å². The first-order valence-corrected chi connectivity index (χ1v) is 8.30. The number of alkyl halides is 2. The molecule has 0 aliphatic carbocycles. The van der Waals surface area contributed by atoms with E-state index in [0.29, 0.717) is 5.92 Å². The van der Waals surface area contributed by atoms with E-state index in [1.54, 1.807) is 4.68 Å². The van der Waals surface area contributed by atoms with Crippen molar-refractivity contribution >= 4 is 43.5 Å². The Hall–Kier alpha value is 0.460. The summed E-state index contributed by atoms with van der Waals surface area (Å²) in [5.41, 5.74) is 2.38.